The van der Waals surface area contributed by atoms with E-state index in [-0.39, 0.29) is 0 Å². The predicted octanol–water partition coefficient (Wildman–Crippen LogP) is 2.77. The highest BCUT2D eigenvalue weighted by Gasteiger charge is 2.22. The SMILES string of the molecule is Cc1ncc2c(c1C#N)CCN(c1cnc3ccccc3n1)C2. The number of aryl methyl sites for hydroxylation is 1. The number of para-hydroxylation sites is 2. The van der Waals surface area contributed by atoms with Crippen LogP contribution in [0.2, 0.25) is 0 Å². The second-order valence-corrected chi connectivity index (χ2v) is 5.72. The van der Waals surface area contributed by atoms with Gasteiger partial charge in [-0.05, 0) is 36.6 Å². The Morgan fingerprint density at radius 3 is 2.78 bits per heavy atom. The van der Waals surface area contributed by atoms with E-state index in [0.29, 0.717) is 6.54 Å². The molecule has 0 unspecified atom stereocenters. The molecule has 1 aliphatic heterocycles. The molecule has 0 bridgehead atoms. The molecule has 23 heavy (non-hydrogen) atoms. The van der Waals surface area contributed by atoms with Gasteiger partial charge in [-0.15, -0.1) is 0 Å². The molecule has 5 nitrogen and oxygen atoms in total. The van der Waals surface area contributed by atoms with Crippen molar-refractivity contribution in [3.63, 3.8) is 0 Å². The van der Waals surface area contributed by atoms with Crippen molar-refractivity contribution in [1.29, 1.82) is 5.26 Å². The summed E-state index contributed by atoms with van der Waals surface area (Å²) in [4.78, 5) is 15.7. The van der Waals surface area contributed by atoms with Crippen molar-refractivity contribution in [3.05, 3.63) is 59.0 Å². The summed E-state index contributed by atoms with van der Waals surface area (Å²) in [6.07, 6.45) is 4.53. The molecule has 0 amide bonds. The fourth-order valence-corrected chi connectivity index (χ4v) is 3.09. The lowest BCUT2D eigenvalue weighted by molar-refractivity contribution is 0.713. The molecule has 0 aliphatic carbocycles. The Bertz CT molecular complexity index is 942. The predicted molar refractivity (Wildman–Crippen MR) is 88.0 cm³/mol. The lowest BCUT2D eigenvalue weighted by Crippen LogP contribution is -2.32. The zero-order valence-electron chi connectivity index (χ0n) is 12.8. The summed E-state index contributed by atoms with van der Waals surface area (Å²) in [6, 6.07) is 10.2. The largest absolute Gasteiger partial charge is 0.351 e. The number of hydrogen-bond donors (Lipinski definition) is 0. The van der Waals surface area contributed by atoms with Crippen molar-refractivity contribution in [2.45, 2.75) is 19.9 Å². The quantitative estimate of drug-likeness (QED) is 0.691. The van der Waals surface area contributed by atoms with E-state index in [1.54, 1.807) is 0 Å². The van der Waals surface area contributed by atoms with Gasteiger partial charge in [-0.3, -0.25) is 9.97 Å². The van der Waals surface area contributed by atoms with Crippen LogP contribution in [0.1, 0.15) is 22.4 Å². The van der Waals surface area contributed by atoms with Crippen LogP contribution in [0.3, 0.4) is 0 Å². The Morgan fingerprint density at radius 1 is 1.13 bits per heavy atom. The van der Waals surface area contributed by atoms with Gasteiger partial charge in [0.15, 0.2) is 0 Å². The van der Waals surface area contributed by atoms with Crippen LogP contribution in [0.15, 0.2) is 36.7 Å². The number of hydrogen-bond acceptors (Lipinski definition) is 5. The topological polar surface area (TPSA) is 65.7 Å². The smallest absolute Gasteiger partial charge is 0.148 e. The minimum Gasteiger partial charge on any atom is -0.351 e. The van der Waals surface area contributed by atoms with Gasteiger partial charge in [-0.25, -0.2) is 4.98 Å². The maximum Gasteiger partial charge on any atom is 0.148 e. The van der Waals surface area contributed by atoms with Crippen LogP contribution in [0.25, 0.3) is 11.0 Å². The van der Waals surface area contributed by atoms with Gasteiger partial charge in [-0.1, -0.05) is 12.1 Å². The molecule has 0 radical (unpaired) electrons. The Balaban J connectivity index is 1.71. The van der Waals surface area contributed by atoms with E-state index in [2.05, 4.69) is 20.9 Å². The van der Waals surface area contributed by atoms with Crippen molar-refractivity contribution in [1.82, 2.24) is 15.0 Å². The Morgan fingerprint density at radius 2 is 1.96 bits per heavy atom. The van der Waals surface area contributed by atoms with Crippen molar-refractivity contribution in [2.75, 3.05) is 11.4 Å². The zero-order chi connectivity index (χ0) is 15.8. The summed E-state index contributed by atoms with van der Waals surface area (Å²) in [5, 5.41) is 9.35. The van der Waals surface area contributed by atoms with Crippen molar-refractivity contribution in [3.8, 4) is 6.07 Å². The zero-order valence-corrected chi connectivity index (χ0v) is 12.8. The third kappa shape index (κ3) is 2.29. The molecule has 2 aromatic heterocycles. The first-order valence-corrected chi connectivity index (χ1v) is 7.60. The van der Waals surface area contributed by atoms with E-state index in [0.717, 1.165) is 52.2 Å². The molecule has 3 heterocycles. The normalized spacial score (nSPS) is 13.7. The van der Waals surface area contributed by atoms with Crippen molar-refractivity contribution < 1.29 is 0 Å². The summed E-state index contributed by atoms with van der Waals surface area (Å²) in [5.41, 5.74) is 5.57. The number of rotatable bonds is 1. The highest BCUT2D eigenvalue weighted by Crippen LogP contribution is 2.26. The van der Waals surface area contributed by atoms with E-state index in [1.807, 2.05) is 43.6 Å². The van der Waals surface area contributed by atoms with Gasteiger partial charge in [0.25, 0.3) is 0 Å². The number of aromatic nitrogens is 3. The van der Waals surface area contributed by atoms with Crippen LogP contribution >= 0.6 is 0 Å². The highest BCUT2D eigenvalue weighted by molar-refractivity contribution is 5.75. The van der Waals surface area contributed by atoms with Crippen LogP contribution in [0.5, 0.6) is 0 Å². The van der Waals surface area contributed by atoms with Gasteiger partial charge >= 0.3 is 0 Å². The molecule has 1 aromatic carbocycles. The molecule has 0 spiro atoms. The third-order valence-corrected chi connectivity index (χ3v) is 4.33. The maximum absolute atomic E-state index is 9.35. The number of nitrogens with zero attached hydrogens (tertiary/aromatic N) is 5. The molecule has 4 rings (SSSR count). The molecule has 112 valence electrons. The highest BCUT2D eigenvalue weighted by atomic mass is 15.2. The van der Waals surface area contributed by atoms with E-state index in [4.69, 9.17) is 4.98 Å². The van der Waals surface area contributed by atoms with Crippen molar-refractivity contribution in [2.24, 2.45) is 0 Å². The number of fused-ring (bicyclic) bond motifs is 2. The fourth-order valence-electron chi connectivity index (χ4n) is 3.09. The minimum absolute atomic E-state index is 0.713. The maximum atomic E-state index is 9.35. The summed E-state index contributed by atoms with van der Waals surface area (Å²) in [6.45, 7) is 3.43. The van der Waals surface area contributed by atoms with E-state index >= 15 is 0 Å². The molecule has 0 fully saturated rings. The van der Waals surface area contributed by atoms with E-state index in [1.165, 1.54) is 0 Å². The van der Waals surface area contributed by atoms with Gasteiger partial charge in [0.2, 0.25) is 0 Å². The molecule has 1 aliphatic rings. The van der Waals surface area contributed by atoms with Gasteiger partial charge in [0, 0.05) is 19.3 Å². The monoisotopic (exact) mass is 301 g/mol. The third-order valence-electron chi connectivity index (χ3n) is 4.33. The van der Waals surface area contributed by atoms with E-state index < -0.39 is 0 Å². The first kappa shape index (κ1) is 13.6. The summed E-state index contributed by atoms with van der Waals surface area (Å²) in [7, 11) is 0. The number of nitriles is 1. The van der Waals surface area contributed by atoms with Crippen LogP contribution in [-0.4, -0.2) is 21.5 Å². The summed E-state index contributed by atoms with van der Waals surface area (Å²) < 4.78 is 0. The Hall–Kier alpha value is -3.00. The average molecular weight is 301 g/mol. The molecule has 0 saturated heterocycles. The first-order chi connectivity index (χ1) is 11.3. The lowest BCUT2D eigenvalue weighted by Gasteiger charge is -2.30. The molecule has 0 atom stereocenters. The molecule has 0 N–H and O–H groups in total. The molecule has 0 saturated carbocycles. The molecule has 3 aromatic rings. The Kier molecular flexibility index (Phi) is 3.16. The Labute approximate surface area is 134 Å². The van der Waals surface area contributed by atoms with Crippen LogP contribution in [0, 0.1) is 18.3 Å². The van der Waals surface area contributed by atoms with Crippen molar-refractivity contribution >= 4 is 16.9 Å². The van der Waals surface area contributed by atoms with Gasteiger partial charge in [0.1, 0.15) is 11.9 Å². The molecule has 5 heteroatoms. The second kappa shape index (κ2) is 5.33. The van der Waals surface area contributed by atoms with Crippen LogP contribution < -0.4 is 4.90 Å². The van der Waals surface area contributed by atoms with Gasteiger partial charge in [0.05, 0.1) is 28.5 Å². The number of benzene rings is 1. The lowest BCUT2D eigenvalue weighted by atomic mass is 9.96. The minimum atomic E-state index is 0.713. The fraction of sp³-hybridized carbons (Fsp3) is 0.222. The number of pyridine rings is 1. The van der Waals surface area contributed by atoms with Crippen LogP contribution in [0.4, 0.5) is 5.82 Å². The average Bonchev–Trinajstić information content (AvgIpc) is 2.61. The summed E-state index contributed by atoms with van der Waals surface area (Å²) >= 11 is 0. The summed E-state index contributed by atoms with van der Waals surface area (Å²) in [5.74, 6) is 0.869. The molecular weight excluding hydrogens is 286 g/mol. The van der Waals surface area contributed by atoms with Gasteiger partial charge in [-0.2, -0.15) is 5.26 Å². The van der Waals surface area contributed by atoms with E-state index in [9.17, 15) is 5.26 Å². The van der Waals surface area contributed by atoms with Crippen LogP contribution in [-0.2, 0) is 13.0 Å². The number of anilines is 1. The molecular formula is C18H15N5. The first-order valence-electron chi connectivity index (χ1n) is 7.60. The van der Waals surface area contributed by atoms with Gasteiger partial charge < -0.3 is 4.90 Å². The standard InChI is InChI=1S/C18H15N5/c1-12-15(8-19)14-6-7-23(11-13(14)9-20-12)18-10-21-16-4-2-3-5-17(16)22-18/h2-5,9-10H,6-7,11H2,1H3. The second-order valence-electron chi connectivity index (χ2n) is 5.72.